The van der Waals surface area contributed by atoms with Gasteiger partial charge in [-0.15, -0.1) is 0 Å². The number of nitrogens with one attached hydrogen (secondary N) is 1. The normalized spacial score (nSPS) is 11.4. The van der Waals surface area contributed by atoms with Gasteiger partial charge in [0.2, 0.25) is 5.91 Å². The first-order valence-electron chi connectivity index (χ1n) is 9.47. The summed E-state index contributed by atoms with van der Waals surface area (Å²) < 4.78 is 0. The summed E-state index contributed by atoms with van der Waals surface area (Å²) in [5.41, 5.74) is 10.6. The lowest BCUT2D eigenvalue weighted by Crippen LogP contribution is -2.10. The minimum atomic E-state index is -0.448. The second kappa shape index (κ2) is 7.75. The van der Waals surface area contributed by atoms with Crippen LogP contribution < -0.4 is 5.73 Å². The lowest BCUT2D eigenvalue weighted by Gasteiger charge is -2.04. The molecule has 0 atom stereocenters. The third kappa shape index (κ3) is 3.89. The van der Waals surface area contributed by atoms with E-state index in [9.17, 15) is 15.0 Å². The van der Waals surface area contributed by atoms with Crippen LogP contribution in [0.1, 0.15) is 32.6 Å². The predicted molar refractivity (Wildman–Crippen MR) is 118 cm³/mol. The minimum Gasteiger partial charge on any atom is -0.508 e. The molecule has 0 radical (unpaired) electrons. The molecule has 0 saturated carbocycles. The molecule has 1 amide bonds. The first-order chi connectivity index (χ1) is 14.4. The van der Waals surface area contributed by atoms with Gasteiger partial charge in [-0.1, -0.05) is 24.3 Å². The lowest BCUT2D eigenvalue weighted by atomic mass is 10.0. The zero-order valence-electron chi connectivity index (χ0n) is 16.4. The van der Waals surface area contributed by atoms with Crippen LogP contribution in [0.15, 0.2) is 65.7 Å². The molecule has 3 aromatic carbocycles. The number of carbonyl (C=O) groups is 1. The quantitative estimate of drug-likeness (QED) is 0.375. The topological polar surface area (TPSA) is 112 Å². The van der Waals surface area contributed by atoms with Gasteiger partial charge in [-0.05, 0) is 60.4 Å². The number of rotatable bonds is 5. The largest absolute Gasteiger partial charge is 0.508 e. The molecule has 6 nitrogen and oxygen atoms in total. The SMILES string of the molecule is Cc1ccc(N=Cc2c(O)[nH]c3ccc(Cc4ccc(C(N)=O)cc4)cc23)cc1O. The second-order valence-electron chi connectivity index (χ2n) is 7.23. The Morgan fingerprint density at radius 1 is 1.03 bits per heavy atom. The van der Waals surface area contributed by atoms with Crippen LogP contribution >= 0.6 is 0 Å². The Bertz CT molecular complexity index is 1270. The summed E-state index contributed by atoms with van der Waals surface area (Å²) in [6.45, 7) is 1.82. The molecule has 5 N–H and O–H groups in total. The molecule has 1 aromatic heterocycles. The fourth-order valence-corrected chi connectivity index (χ4v) is 3.33. The van der Waals surface area contributed by atoms with E-state index < -0.39 is 5.91 Å². The summed E-state index contributed by atoms with van der Waals surface area (Å²) in [6.07, 6.45) is 2.26. The number of hydrogen-bond donors (Lipinski definition) is 4. The fourth-order valence-electron chi connectivity index (χ4n) is 3.33. The van der Waals surface area contributed by atoms with Crippen molar-refractivity contribution in [2.24, 2.45) is 10.7 Å². The molecule has 0 aliphatic heterocycles. The number of H-pyrrole nitrogens is 1. The molecule has 0 fully saturated rings. The number of nitrogens with two attached hydrogens (primary N) is 1. The monoisotopic (exact) mass is 399 g/mol. The molecule has 0 bridgehead atoms. The molecule has 0 aliphatic rings. The van der Waals surface area contributed by atoms with Crippen LogP contribution in [0.25, 0.3) is 10.9 Å². The lowest BCUT2D eigenvalue weighted by molar-refractivity contribution is 0.100. The Morgan fingerprint density at radius 3 is 2.47 bits per heavy atom. The Labute approximate surface area is 173 Å². The number of carbonyl (C=O) groups excluding carboxylic acids is 1. The molecule has 0 spiro atoms. The van der Waals surface area contributed by atoms with Gasteiger partial charge in [0.25, 0.3) is 0 Å². The first kappa shape index (κ1) is 19.3. The first-order valence-corrected chi connectivity index (χ1v) is 9.47. The highest BCUT2D eigenvalue weighted by Gasteiger charge is 2.10. The van der Waals surface area contributed by atoms with Crippen molar-refractivity contribution >= 4 is 28.7 Å². The van der Waals surface area contributed by atoms with Gasteiger partial charge in [-0.3, -0.25) is 9.79 Å². The summed E-state index contributed by atoms with van der Waals surface area (Å²) in [7, 11) is 0. The van der Waals surface area contributed by atoms with Crippen molar-refractivity contribution in [1.29, 1.82) is 0 Å². The van der Waals surface area contributed by atoms with Crippen LogP contribution in [0.4, 0.5) is 5.69 Å². The molecule has 150 valence electrons. The number of amides is 1. The molecule has 6 heteroatoms. The Kier molecular flexibility index (Phi) is 4.98. The van der Waals surface area contributed by atoms with Crippen molar-refractivity contribution in [2.75, 3.05) is 0 Å². The van der Waals surface area contributed by atoms with Gasteiger partial charge in [0, 0.05) is 28.7 Å². The van der Waals surface area contributed by atoms with Crippen LogP contribution in [0, 0.1) is 6.92 Å². The number of aromatic hydroxyl groups is 2. The number of phenolic OH excluding ortho intramolecular Hbond substituents is 1. The Morgan fingerprint density at radius 2 is 1.77 bits per heavy atom. The predicted octanol–water partition coefficient (Wildman–Crippen LogP) is 4.33. The standard InChI is InChI=1S/C24H21N3O3/c1-14-2-8-18(12-22(14)28)26-13-20-19-11-16(5-9-21(19)27-24(20)30)10-15-3-6-17(7-4-15)23(25)29/h2-9,11-13,27-28,30H,10H2,1H3,(H2,25,29). The number of phenols is 1. The summed E-state index contributed by atoms with van der Waals surface area (Å²) in [5, 5.41) is 21.0. The van der Waals surface area contributed by atoms with Crippen LogP contribution in [0.5, 0.6) is 11.6 Å². The van der Waals surface area contributed by atoms with E-state index in [1.165, 1.54) is 0 Å². The molecule has 0 saturated heterocycles. The number of hydrogen-bond acceptors (Lipinski definition) is 4. The number of benzene rings is 3. The van der Waals surface area contributed by atoms with E-state index in [0.717, 1.165) is 27.6 Å². The Hall–Kier alpha value is -4.06. The average Bonchev–Trinajstić information content (AvgIpc) is 3.04. The summed E-state index contributed by atoms with van der Waals surface area (Å²) >= 11 is 0. The second-order valence-corrected chi connectivity index (χ2v) is 7.23. The zero-order chi connectivity index (χ0) is 21.3. The molecule has 1 heterocycles. The number of fused-ring (bicyclic) bond motifs is 1. The van der Waals surface area contributed by atoms with Crippen molar-refractivity contribution in [3.05, 3.63) is 88.5 Å². The van der Waals surface area contributed by atoms with Crippen molar-refractivity contribution in [3.63, 3.8) is 0 Å². The van der Waals surface area contributed by atoms with Gasteiger partial charge in [0.15, 0.2) is 5.88 Å². The molecule has 0 unspecified atom stereocenters. The summed E-state index contributed by atoms with van der Waals surface area (Å²) in [4.78, 5) is 18.6. The number of nitrogens with zero attached hydrogens (tertiary/aromatic N) is 1. The van der Waals surface area contributed by atoms with Gasteiger partial charge < -0.3 is 20.9 Å². The highest BCUT2D eigenvalue weighted by atomic mass is 16.3. The van der Waals surface area contributed by atoms with Crippen molar-refractivity contribution < 1.29 is 15.0 Å². The van der Waals surface area contributed by atoms with E-state index in [2.05, 4.69) is 9.98 Å². The maximum Gasteiger partial charge on any atom is 0.248 e. The molecular weight excluding hydrogens is 378 g/mol. The van der Waals surface area contributed by atoms with Gasteiger partial charge in [-0.2, -0.15) is 0 Å². The van der Waals surface area contributed by atoms with Crippen molar-refractivity contribution in [1.82, 2.24) is 4.98 Å². The summed E-state index contributed by atoms with van der Waals surface area (Å²) in [5.74, 6) is -0.234. The molecule has 4 aromatic rings. The third-order valence-corrected chi connectivity index (χ3v) is 5.06. The number of primary amides is 1. The molecular formula is C24H21N3O3. The van der Waals surface area contributed by atoms with E-state index in [-0.39, 0.29) is 11.6 Å². The van der Waals surface area contributed by atoms with E-state index in [1.807, 2.05) is 37.3 Å². The highest BCUT2D eigenvalue weighted by molar-refractivity contribution is 6.02. The number of aromatic amines is 1. The summed E-state index contributed by atoms with van der Waals surface area (Å²) in [6, 6.07) is 18.3. The van der Waals surface area contributed by atoms with Crippen LogP contribution in [-0.2, 0) is 6.42 Å². The van der Waals surface area contributed by atoms with Crippen molar-refractivity contribution in [2.45, 2.75) is 13.3 Å². The maximum absolute atomic E-state index is 11.2. The van der Waals surface area contributed by atoms with Gasteiger partial charge in [0.05, 0.1) is 11.3 Å². The van der Waals surface area contributed by atoms with Crippen LogP contribution in [-0.4, -0.2) is 27.3 Å². The van der Waals surface area contributed by atoms with E-state index in [4.69, 9.17) is 5.73 Å². The minimum absolute atomic E-state index is 0.0352. The molecule has 4 rings (SSSR count). The highest BCUT2D eigenvalue weighted by Crippen LogP contribution is 2.29. The zero-order valence-corrected chi connectivity index (χ0v) is 16.4. The van der Waals surface area contributed by atoms with Crippen molar-refractivity contribution in [3.8, 4) is 11.6 Å². The van der Waals surface area contributed by atoms with Gasteiger partial charge >= 0.3 is 0 Å². The fraction of sp³-hybridized carbons (Fsp3) is 0.0833. The van der Waals surface area contributed by atoms with Crippen LogP contribution in [0.2, 0.25) is 0 Å². The number of aliphatic imine (C=N–C) groups is 1. The number of aromatic nitrogens is 1. The van der Waals surface area contributed by atoms with E-state index in [0.29, 0.717) is 23.2 Å². The third-order valence-electron chi connectivity index (χ3n) is 5.06. The Balaban J connectivity index is 1.64. The average molecular weight is 399 g/mol. The smallest absolute Gasteiger partial charge is 0.248 e. The van der Waals surface area contributed by atoms with E-state index in [1.54, 1.807) is 36.5 Å². The molecule has 0 aliphatic carbocycles. The van der Waals surface area contributed by atoms with Gasteiger partial charge in [0.1, 0.15) is 5.75 Å². The van der Waals surface area contributed by atoms with Gasteiger partial charge in [-0.25, -0.2) is 0 Å². The number of aryl methyl sites for hydroxylation is 1. The van der Waals surface area contributed by atoms with E-state index >= 15 is 0 Å². The maximum atomic E-state index is 11.2. The van der Waals surface area contributed by atoms with Crippen LogP contribution in [0.3, 0.4) is 0 Å². The molecule has 30 heavy (non-hydrogen) atoms.